The van der Waals surface area contributed by atoms with Crippen molar-refractivity contribution in [2.75, 3.05) is 13.1 Å². The molecule has 1 aromatic heterocycles. The zero-order chi connectivity index (χ0) is 20.0. The number of β-amino-alcohol motifs (C(OH)–C–C–N with tert-alkyl or cyclic N) is 1. The van der Waals surface area contributed by atoms with Gasteiger partial charge in [-0.1, -0.05) is 6.92 Å². The van der Waals surface area contributed by atoms with Gasteiger partial charge < -0.3 is 16.2 Å². The number of nitrogens with zero attached hydrogens (tertiary/aromatic N) is 2. The Morgan fingerprint density at radius 2 is 2.26 bits per heavy atom. The monoisotopic (exact) mass is 397 g/mol. The Morgan fingerprint density at radius 1 is 1.52 bits per heavy atom. The second-order valence-electron chi connectivity index (χ2n) is 6.55. The highest BCUT2D eigenvalue weighted by atomic mass is 32.2. The van der Waals surface area contributed by atoms with Gasteiger partial charge >= 0.3 is 0 Å². The first-order valence-electron chi connectivity index (χ1n) is 8.75. The topological polar surface area (TPSA) is 143 Å². The molecule has 0 saturated carbocycles. The molecular weight excluding hydrogens is 372 g/mol. The third kappa shape index (κ3) is 5.24. The molecule has 1 fully saturated rings. The van der Waals surface area contributed by atoms with Gasteiger partial charge in [-0.25, -0.2) is 12.7 Å². The SMILES string of the molecule is CC(C[CH]C(=O)N(C1CCCNC[C@@H]1O)S(=O)(=O)c1cccnc1)C(N)=O. The number of nitrogens with two attached hydrogens (primary N) is 1. The number of aromatic nitrogens is 1. The van der Waals surface area contributed by atoms with E-state index in [9.17, 15) is 23.1 Å². The van der Waals surface area contributed by atoms with E-state index in [1.165, 1.54) is 18.3 Å². The van der Waals surface area contributed by atoms with Gasteiger partial charge in [-0.15, -0.1) is 0 Å². The number of sulfonamides is 1. The second kappa shape index (κ2) is 9.25. The average Bonchev–Trinajstić information content (AvgIpc) is 2.85. The van der Waals surface area contributed by atoms with Crippen molar-refractivity contribution >= 4 is 21.8 Å². The third-order valence-corrected chi connectivity index (χ3v) is 6.30. The summed E-state index contributed by atoms with van der Waals surface area (Å²) in [5.41, 5.74) is 5.20. The van der Waals surface area contributed by atoms with Crippen LogP contribution in [0.25, 0.3) is 0 Å². The Labute approximate surface area is 159 Å². The van der Waals surface area contributed by atoms with E-state index in [1.807, 2.05) is 0 Å². The maximum atomic E-state index is 13.1. The zero-order valence-corrected chi connectivity index (χ0v) is 15.9. The summed E-state index contributed by atoms with van der Waals surface area (Å²) in [6, 6.07) is 1.88. The molecule has 2 amide bonds. The van der Waals surface area contributed by atoms with Crippen molar-refractivity contribution in [3.05, 3.63) is 30.9 Å². The standard InChI is InChI=1S/C17H25N4O5S/c1-12(17(18)24)6-7-16(23)21(14-5-3-9-20-11-15(14)22)27(25,26)13-4-2-8-19-10-13/h2,4,7-8,10,12,14-15,20,22H,3,5-6,9,11H2,1H3,(H2,18,24)/t12?,14?,15-/m0/s1. The summed E-state index contributed by atoms with van der Waals surface area (Å²) >= 11 is 0. The Hall–Kier alpha value is -2.04. The normalized spacial score (nSPS) is 21.9. The fraction of sp³-hybridized carbons (Fsp3) is 0.529. The number of nitrogens with one attached hydrogen (secondary N) is 1. The molecule has 2 unspecified atom stereocenters. The second-order valence-corrected chi connectivity index (χ2v) is 8.37. The van der Waals surface area contributed by atoms with Crippen molar-refractivity contribution in [2.24, 2.45) is 11.7 Å². The highest BCUT2D eigenvalue weighted by molar-refractivity contribution is 7.89. The van der Waals surface area contributed by atoms with Crippen LogP contribution in [-0.4, -0.2) is 59.9 Å². The third-order valence-electron chi connectivity index (χ3n) is 4.49. The minimum absolute atomic E-state index is 0.00823. The first kappa shape index (κ1) is 21.3. The van der Waals surface area contributed by atoms with Crippen molar-refractivity contribution in [3.8, 4) is 0 Å². The quantitative estimate of drug-likeness (QED) is 0.559. The number of hydrogen-bond acceptors (Lipinski definition) is 7. The number of carbonyl (C=O) groups is 2. The minimum atomic E-state index is -4.23. The smallest absolute Gasteiger partial charge is 0.268 e. The molecule has 149 valence electrons. The van der Waals surface area contributed by atoms with Crippen molar-refractivity contribution < 1.29 is 23.1 Å². The Kier molecular flexibility index (Phi) is 7.28. The highest BCUT2D eigenvalue weighted by Gasteiger charge is 2.39. The van der Waals surface area contributed by atoms with E-state index in [2.05, 4.69) is 10.3 Å². The van der Waals surface area contributed by atoms with Gasteiger partial charge in [0.2, 0.25) is 11.8 Å². The molecular formula is C17H25N4O5S. The van der Waals surface area contributed by atoms with Gasteiger partial charge in [0.15, 0.2) is 0 Å². The number of carbonyl (C=O) groups excluding carboxylic acids is 2. The lowest BCUT2D eigenvalue weighted by molar-refractivity contribution is -0.126. The molecule has 9 nitrogen and oxygen atoms in total. The predicted octanol–water partition coefficient (Wildman–Crippen LogP) is -0.572. The van der Waals surface area contributed by atoms with Crippen LogP contribution in [0.2, 0.25) is 0 Å². The van der Waals surface area contributed by atoms with Crippen molar-refractivity contribution in [3.63, 3.8) is 0 Å². The van der Waals surface area contributed by atoms with Crippen LogP contribution in [0, 0.1) is 12.3 Å². The molecule has 1 saturated heterocycles. The van der Waals surface area contributed by atoms with E-state index >= 15 is 0 Å². The molecule has 1 radical (unpaired) electrons. The van der Waals surface area contributed by atoms with E-state index in [0.29, 0.717) is 19.4 Å². The molecule has 3 atom stereocenters. The molecule has 1 aliphatic heterocycles. The molecule has 2 heterocycles. The average molecular weight is 397 g/mol. The molecule has 27 heavy (non-hydrogen) atoms. The van der Waals surface area contributed by atoms with E-state index in [-0.39, 0.29) is 17.9 Å². The molecule has 10 heteroatoms. The molecule has 1 aliphatic rings. The molecule has 4 N–H and O–H groups in total. The van der Waals surface area contributed by atoms with Crippen LogP contribution >= 0.6 is 0 Å². The largest absolute Gasteiger partial charge is 0.390 e. The van der Waals surface area contributed by atoms with Crippen LogP contribution in [0.5, 0.6) is 0 Å². The van der Waals surface area contributed by atoms with Gasteiger partial charge in [-0.3, -0.25) is 14.6 Å². The highest BCUT2D eigenvalue weighted by Crippen LogP contribution is 2.25. The summed E-state index contributed by atoms with van der Waals surface area (Å²) < 4.78 is 27.0. The fourth-order valence-corrected chi connectivity index (χ4v) is 4.43. The number of primary amides is 1. The Bertz CT molecular complexity index is 756. The zero-order valence-electron chi connectivity index (χ0n) is 15.1. The lowest BCUT2D eigenvalue weighted by atomic mass is 10.0. The Morgan fingerprint density at radius 3 is 2.89 bits per heavy atom. The number of amides is 2. The van der Waals surface area contributed by atoms with Gasteiger partial charge in [0.05, 0.1) is 18.6 Å². The van der Waals surface area contributed by atoms with E-state index in [0.717, 1.165) is 16.9 Å². The van der Waals surface area contributed by atoms with E-state index in [4.69, 9.17) is 5.73 Å². The number of rotatable bonds is 7. The van der Waals surface area contributed by atoms with Crippen molar-refractivity contribution in [2.45, 2.75) is 43.2 Å². The summed E-state index contributed by atoms with van der Waals surface area (Å²) in [5.74, 6) is -1.99. The summed E-state index contributed by atoms with van der Waals surface area (Å²) in [6.45, 7) is 2.34. The molecule has 0 aliphatic carbocycles. The number of aliphatic hydroxyl groups excluding tert-OH is 1. The summed E-state index contributed by atoms with van der Waals surface area (Å²) in [7, 11) is -4.23. The molecule has 0 aromatic carbocycles. The van der Waals surface area contributed by atoms with E-state index < -0.39 is 39.9 Å². The maximum absolute atomic E-state index is 13.1. The van der Waals surface area contributed by atoms with Crippen LogP contribution in [-0.2, 0) is 19.6 Å². The molecule has 1 aromatic rings. The van der Waals surface area contributed by atoms with Crippen molar-refractivity contribution in [1.82, 2.24) is 14.6 Å². The van der Waals surface area contributed by atoms with Crippen LogP contribution in [0.4, 0.5) is 0 Å². The molecule has 0 bridgehead atoms. The van der Waals surface area contributed by atoms with Gasteiger partial charge in [-0.2, -0.15) is 0 Å². The lowest BCUT2D eigenvalue weighted by Crippen LogP contribution is -2.51. The van der Waals surface area contributed by atoms with Gasteiger partial charge in [0.1, 0.15) is 4.90 Å². The number of hydrogen-bond donors (Lipinski definition) is 3. The van der Waals surface area contributed by atoms with Crippen LogP contribution in [0.1, 0.15) is 26.2 Å². The first-order chi connectivity index (χ1) is 12.7. The molecule has 0 spiro atoms. The minimum Gasteiger partial charge on any atom is -0.390 e. The summed E-state index contributed by atoms with van der Waals surface area (Å²) in [4.78, 5) is 27.7. The lowest BCUT2D eigenvalue weighted by Gasteiger charge is -2.33. The number of aliphatic hydroxyl groups is 1. The maximum Gasteiger partial charge on any atom is 0.268 e. The first-order valence-corrected chi connectivity index (χ1v) is 10.2. The van der Waals surface area contributed by atoms with E-state index in [1.54, 1.807) is 6.92 Å². The van der Waals surface area contributed by atoms with Gasteiger partial charge in [0.25, 0.3) is 10.0 Å². The van der Waals surface area contributed by atoms with Gasteiger partial charge in [0, 0.05) is 24.9 Å². The summed E-state index contributed by atoms with van der Waals surface area (Å²) in [6.07, 6.45) is 3.59. The number of pyridine rings is 1. The van der Waals surface area contributed by atoms with Gasteiger partial charge in [-0.05, 0) is 37.9 Å². The van der Waals surface area contributed by atoms with Crippen LogP contribution < -0.4 is 11.1 Å². The molecule has 2 rings (SSSR count). The Balaban J connectivity index is 2.36. The van der Waals surface area contributed by atoms with Crippen molar-refractivity contribution in [1.29, 1.82) is 0 Å². The summed E-state index contributed by atoms with van der Waals surface area (Å²) in [5, 5.41) is 13.4. The van der Waals surface area contributed by atoms with Crippen LogP contribution in [0.3, 0.4) is 0 Å². The predicted molar refractivity (Wildman–Crippen MR) is 97.4 cm³/mol. The fourth-order valence-electron chi connectivity index (χ4n) is 2.85. The van der Waals surface area contributed by atoms with Crippen LogP contribution in [0.15, 0.2) is 29.4 Å².